The molecule has 0 bridgehead atoms. The summed E-state index contributed by atoms with van der Waals surface area (Å²) >= 11 is 0. The second kappa shape index (κ2) is 3.46. The Labute approximate surface area is 73.4 Å². The van der Waals surface area contributed by atoms with Gasteiger partial charge in [-0.25, -0.2) is 0 Å². The SMILES string of the molecule is OC[C@@]1(O)O[C@@H](O)[C@H](O)[C@@H](O)[C@H]1O. The van der Waals surface area contributed by atoms with Gasteiger partial charge in [0.25, 0.3) is 0 Å². The molecule has 5 atom stereocenters. The van der Waals surface area contributed by atoms with Crippen LogP contribution in [0.4, 0.5) is 0 Å². The summed E-state index contributed by atoms with van der Waals surface area (Å²) in [5, 5.41) is 53.9. The maximum atomic E-state index is 9.25. The van der Waals surface area contributed by atoms with E-state index in [2.05, 4.69) is 4.74 Å². The van der Waals surface area contributed by atoms with Crippen LogP contribution in [0.2, 0.25) is 0 Å². The topological polar surface area (TPSA) is 131 Å². The zero-order valence-corrected chi connectivity index (χ0v) is 6.61. The van der Waals surface area contributed by atoms with E-state index in [1.54, 1.807) is 0 Å². The monoisotopic (exact) mass is 196 g/mol. The molecule has 0 aromatic rings. The van der Waals surface area contributed by atoms with E-state index in [1.807, 2.05) is 0 Å². The first-order valence-corrected chi connectivity index (χ1v) is 3.65. The summed E-state index contributed by atoms with van der Waals surface area (Å²) in [5.74, 6) is -2.45. The minimum atomic E-state index is -2.45. The average molecular weight is 196 g/mol. The Morgan fingerprint density at radius 3 is 2.08 bits per heavy atom. The third-order valence-corrected chi connectivity index (χ3v) is 1.98. The Morgan fingerprint density at radius 2 is 1.62 bits per heavy atom. The fraction of sp³-hybridized carbons (Fsp3) is 1.00. The minimum Gasteiger partial charge on any atom is -0.391 e. The highest BCUT2D eigenvalue weighted by Crippen LogP contribution is 2.26. The third kappa shape index (κ3) is 1.67. The van der Waals surface area contributed by atoms with Gasteiger partial charge < -0.3 is 35.4 Å². The van der Waals surface area contributed by atoms with Crippen molar-refractivity contribution in [1.29, 1.82) is 0 Å². The summed E-state index contributed by atoms with van der Waals surface area (Å²) in [5.41, 5.74) is 0. The molecule has 1 saturated heterocycles. The second-order valence-electron chi connectivity index (χ2n) is 2.94. The average Bonchev–Trinajstić information content (AvgIpc) is 2.12. The van der Waals surface area contributed by atoms with Crippen molar-refractivity contribution in [2.75, 3.05) is 6.61 Å². The molecule has 0 radical (unpaired) electrons. The number of hydrogen-bond donors (Lipinski definition) is 6. The van der Waals surface area contributed by atoms with Gasteiger partial charge in [-0.3, -0.25) is 0 Å². The van der Waals surface area contributed by atoms with Gasteiger partial charge in [-0.1, -0.05) is 0 Å². The van der Waals surface area contributed by atoms with Crippen LogP contribution in [0.15, 0.2) is 0 Å². The normalized spacial score (nSPS) is 52.2. The molecule has 7 nitrogen and oxygen atoms in total. The van der Waals surface area contributed by atoms with E-state index in [4.69, 9.17) is 25.5 Å². The lowest BCUT2D eigenvalue weighted by molar-refractivity contribution is -0.390. The van der Waals surface area contributed by atoms with Crippen LogP contribution in [0.3, 0.4) is 0 Å². The Balaban J connectivity index is 2.82. The molecule has 13 heavy (non-hydrogen) atoms. The maximum absolute atomic E-state index is 9.25. The molecule has 0 spiro atoms. The van der Waals surface area contributed by atoms with Crippen LogP contribution in [-0.2, 0) is 4.74 Å². The van der Waals surface area contributed by atoms with Crippen molar-refractivity contribution >= 4 is 0 Å². The van der Waals surface area contributed by atoms with Gasteiger partial charge in [0.15, 0.2) is 6.29 Å². The predicted octanol–water partition coefficient (Wildman–Crippen LogP) is -3.90. The van der Waals surface area contributed by atoms with Gasteiger partial charge in [0.1, 0.15) is 18.3 Å². The number of hydrogen-bond acceptors (Lipinski definition) is 7. The minimum absolute atomic E-state index is 1.00. The Kier molecular flexibility index (Phi) is 2.88. The second-order valence-corrected chi connectivity index (χ2v) is 2.94. The molecule has 1 aliphatic rings. The van der Waals surface area contributed by atoms with Crippen molar-refractivity contribution in [3.05, 3.63) is 0 Å². The molecule has 1 heterocycles. The highest BCUT2D eigenvalue weighted by atomic mass is 16.7. The van der Waals surface area contributed by atoms with Gasteiger partial charge in [0.05, 0.1) is 6.61 Å². The molecule has 0 saturated carbocycles. The lowest BCUT2D eigenvalue weighted by Gasteiger charge is -2.42. The van der Waals surface area contributed by atoms with Crippen molar-refractivity contribution < 1.29 is 35.4 Å². The van der Waals surface area contributed by atoms with E-state index in [9.17, 15) is 5.11 Å². The number of rotatable bonds is 1. The zero-order chi connectivity index (χ0) is 10.2. The summed E-state index contributed by atoms with van der Waals surface area (Å²) in [6.45, 7) is -1.00. The van der Waals surface area contributed by atoms with Gasteiger partial charge in [0.2, 0.25) is 5.79 Å². The first-order valence-electron chi connectivity index (χ1n) is 3.65. The largest absolute Gasteiger partial charge is 0.391 e. The maximum Gasteiger partial charge on any atom is 0.221 e. The number of ether oxygens (including phenoxy) is 1. The van der Waals surface area contributed by atoms with Crippen molar-refractivity contribution in [2.24, 2.45) is 0 Å². The van der Waals surface area contributed by atoms with Crippen LogP contribution in [0, 0.1) is 0 Å². The van der Waals surface area contributed by atoms with E-state index in [-0.39, 0.29) is 0 Å². The summed E-state index contributed by atoms with van der Waals surface area (Å²) in [6.07, 6.45) is -7.23. The number of aliphatic hydroxyl groups is 6. The van der Waals surface area contributed by atoms with Crippen LogP contribution in [0.1, 0.15) is 0 Å². The molecular weight excluding hydrogens is 184 g/mol. The molecule has 0 aliphatic carbocycles. The summed E-state index contributed by atoms with van der Waals surface area (Å²) in [4.78, 5) is 0. The Bertz CT molecular complexity index is 186. The van der Waals surface area contributed by atoms with Crippen LogP contribution >= 0.6 is 0 Å². The number of aliphatic hydroxyl groups excluding tert-OH is 5. The van der Waals surface area contributed by atoms with E-state index in [0.29, 0.717) is 0 Å². The molecule has 0 aromatic carbocycles. The summed E-state index contributed by atoms with van der Waals surface area (Å²) in [7, 11) is 0. The summed E-state index contributed by atoms with van der Waals surface area (Å²) in [6, 6.07) is 0. The predicted molar refractivity (Wildman–Crippen MR) is 37.1 cm³/mol. The molecule has 0 aromatic heterocycles. The fourth-order valence-corrected chi connectivity index (χ4v) is 1.10. The first kappa shape index (κ1) is 10.8. The quantitative estimate of drug-likeness (QED) is 0.253. The van der Waals surface area contributed by atoms with E-state index in [0.717, 1.165) is 0 Å². The molecule has 1 aliphatic heterocycles. The van der Waals surface area contributed by atoms with Gasteiger partial charge in [0, 0.05) is 0 Å². The molecule has 78 valence electrons. The van der Waals surface area contributed by atoms with Gasteiger partial charge >= 0.3 is 0 Å². The third-order valence-electron chi connectivity index (χ3n) is 1.98. The van der Waals surface area contributed by atoms with Gasteiger partial charge in [-0.15, -0.1) is 0 Å². The van der Waals surface area contributed by atoms with Gasteiger partial charge in [-0.2, -0.15) is 0 Å². The molecule has 1 fully saturated rings. The highest BCUT2D eigenvalue weighted by Gasteiger charge is 2.52. The summed E-state index contributed by atoms with van der Waals surface area (Å²) < 4.78 is 4.32. The van der Waals surface area contributed by atoms with Crippen LogP contribution in [-0.4, -0.2) is 67.6 Å². The lowest BCUT2D eigenvalue weighted by atomic mass is 9.96. The van der Waals surface area contributed by atoms with Crippen LogP contribution in [0.25, 0.3) is 0 Å². The molecule has 0 amide bonds. The van der Waals surface area contributed by atoms with Crippen LogP contribution < -0.4 is 0 Å². The van der Waals surface area contributed by atoms with E-state index in [1.165, 1.54) is 0 Å². The molecular formula is C6H12O7. The Hall–Kier alpha value is -0.280. The van der Waals surface area contributed by atoms with Gasteiger partial charge in [-0.05, 0) is 0 Å². The highest BCUT2D eigenvalue weighted by molar-refractivity contribution is 4.92. The van der Waals surface area contributed by atoms with E-state index < -0.39 is 37.0 Å². The lowest BCUT2D eigenvalue weighted by Crippen LogP contribution is -2.65. The Morgan fingerprint density at radius 1 is 1.08 bits per heavy atom. The standard InChI is InChI=1S/C6H12O7/c7-1-6(12)4(10)2(8)3(9)5(11)13-6/h2-5,7-12H,1H2/t2-,3-,4-,5-,6-/m1/s1. The molecule has 6 N–H and O–H groups in total. The molecule has 7 heteroatoms. The van der Waals surface area contributed by atoms with Crippen molar-refractivity contribution in [3.8, 4) is 0 Å². The van der Waals surface area contributed by atoms with Crippen molar-refractivity contribution in [3.63, 3.8) is 0 Å². The van der Waals surface area contributed by atoms with Crippen LogP contribution in [0.5, 0.6) is 0 Å². The van der Waals surface area contributed by atoms with E-state index >= 15 is 0 Å². The van der Waals surface area contributed by atoms with Crippen molar-refractivity contribution in [2.45, 2.75) is 30.4 Å². The van der Waals surface area contributed by atoms with Crippen molar-refractivity contribution in [1.82, 2.24) is 0 Å². The fourth-order valence-electron chi connectivity index (χ4n) is 1.10. The zero-order valence-electron chi connectivity index (χ0n) is 6.61. The smallest absolute Gasteiger partial charge is 0.221 e. The molecule has 1 rings (SSSR count). The first-order chi connectivity index (χ1) is 5.92. The molecule has 0 unspecified atom stereocenters.